The maximum absolute atomic E-state index is 9.17. The Hall–Kier alpha value is -1.76. The lowest BCUT2D eigenvalue weighted by molar-refractivity contribution is 0.475. The average molecular weight is 184 g/mol. The molecule has 1 aromatic carbocycles. The van der Waals surface area contributed by atoms with Gasteiger partial charge in [-0.2, -0.15) is 0 Å². The van der Waals surface area contributed by atoms with Crippen LogP contribution in [0.4, 0.5) is 0 Å². The third-order valence-electron chi connectivity index (χ3n) is 2.32. The Morgan fingerprint density at radius 3 is 2.50 bits per heavy atom. The molecule has 0 fully saturated rings. The van der Waals surface area contributed by atoms with Gasteiger partial charge in [0, 0.05) is 0 Å². The number of rotatable bonds is 1. The van der Waals surface area contributed by atoms with Crippen molar-refractivity contribution in [3.8, 4) is 5.75 Å². The molecule has 0 aromatic heterocycles. The largest absolute Gasteiger partial charge is 0.508 e. The molecule has 14 heavy (non-hydrogen) atoms. The predicted octanol–water partition coefficient (Wildman–Crippen LogP) is 3.29. The second-order valence-electron chi connectivity index (χ2n) is 3.36. The van der Waals surface area contributed by atoms with Gasteiger partial charge in [0.1, 0.15) is 5.75 Å². The third-order valence-corrected chi connectivity index (χ3v) is 2.32. The second-order valence-corrected chi connectivity index (χ2v) is 3.36. The van der Waals surface area contributed by atoms with Crippen LogP contribution >= 0.6 is 0 Å². The first-order chi connectivity index (χ1) is 6.77. The standard InChI is InChI=1S/C13H12O/c1-10-4-2-3-5-13(10)11-6-8-12(14)9-7-11/h2-3,5-9,14H,1,4H2. The lowest BCUT2D eigenvalue weighted by atomic mass is 9.93. The maximum Gasteiger partial charge on any atom is 0.115 e. The number of hydrogen-bond acceptors (Lipinski definition) is 1. The van der Waals surface area contributed by atoms with Crippen LogP contribution in [0, 0.1) is 0 Å². The molecule has 0 aliphatic heterocycles. The smallest absolute Gasteiger partial charge is 0.115 e. The Bertz CT molecular complexity index is 407. The normalized spacial score (nSPS) is 15.4. The van der Waals surface area contributed by atoms with E-state index in [1.807, 2.05) is 18.2 Å². The molecule has 1 nitrogen and oxygen atoms in total. The van der Waals surface area contributed by atoms with E-state index < -0.39 is 0 Å². The van der Waals surface area contributed by atoms with Crippen LogP contribution in [0.15, 0.2) is 54.6 Å². The summed E-state index contributed by atoms with van der Waals surface area (Å²) in [5.41, 5.74) is 3.39. The summed E-state index contributed by atoms with van der Waals surface area (Å²) in [5, 5.41) is 9.17. The Balaban J connectivity index is 2.39. The van der Waals surface area contributed by atoms with E-state index in [1.54, 1.807) is 12.1 Å². The zero-order valence-electron chi connectivity index (χ0n) is 7.90. The number of benzene rings is 1. The number of aromatic hydroxyl groups is 1. The first-order valence-electron chi connectivity index (χ1n) is 4.62. The summed E-state index contributed by atoms with van der Waals surface area (Å²) in [6, 6.07) is 7.21. The molecule has 2 rings (SSSR count). The summed E-state index contributed by atoms with van der Waals surface area (Å²) < 4.78 is 0. The van der Waals surface area contributed by atoms with Gasteiger partial charge in [-0.3, -0.25) is 0 Å². The summed E-state index contributed by atoms with van der Waals surface area (Å²) in [7, 11) is 0. The van der Waals surface area contributed by atoms with E-state index in [1.165, 1.54) is 0 Å². The summed E-state index contributed by atoms with van der Waals surface area (Å²) in [5.74, 6) is 0.298. The van der Waals surface area contributed by atoms with Gasteiger partial charge in [0.25, 0.3) is 0 Å². The molecule has 0 saturated heterocycles. The quantitative estimate of drug-likeness (QED) is 0.710. The van der Waals surface area contributed by atoms with Gasteiger partial charge in [-0.15, -0.1) is 0 Å². The highest BCUT2D eigenvalue weighted by atomic mass is 16.3. The van der Waals surface area contributed by atoms with Crippen molar-refractivity contribution in [2.45, 2.75) is 6.42 Å². The molecule has 1 aliphatic rings. The van der Waals surface area contributed by atoms with Crippen LogP contribution in [0.2, 0.25) is 0 Å². The Morgan fingerprint density at radius 2 is 1.86 bits per heavy atom. The molecule has 0 bridgehead atoms. The van der Waals surface area contributed by atoms with E-state index in [4.69, 9.17) is 5.11 Å². The topological polar surface area (TPSA) is 20.2 Å². The van der Waals surface area contributed by atoms with Gasteiger partial charge in [-0.25, -0.2) is 0 Å². The Morgan fingerprint density at radius 1 is 1.14 bits per heavy atom. The molecule has 0 unspecified atom stereocenters. The summed E-state index contributed by atoms with van der Waals surface area (Å²) in [4.78, 5) is 0. The molecule has 1 heteroatoms. The molecule has 1 N–H and O–H groups in total. The monoisotopic (exact) mass is 184 g/mol. The van der Waals surface area contributed by atoms with E-state index in [0.717, 1.165) is 23.1 Å². The minimum atomic E-state index is 0.298. The second kappa shape index (κ2) is 3.54. The van der Waals surface area contributed by atoms with Crippen LogP contribution < -0.4 is 0 Å². The summed E-state index contributed by atoms with van der Waals surface area (Å²) in [6.07, 6.45) is 7.09. The Kier molecular flexibility index (Phi) is 2.23. The lowest BCUT2D eigenvalue weighted by Gasteiger charge is -2.12. The van der Waals surface area contributed by atoms with Crippen molar-refractivity contribution in [1.29, 1.82) is 0 Å². The van der Waals surface area contributed by atoms with Crippen LogP contribution in [0.1, 0.15) is 12.0 Å². The van der Waals surface area contributed by atoms with Gasteiger partial charge in [-0.05, 0) is 35.3 Å². The van der Waals surface area contributed by atoms with Gasteiger partial charge in [0.05, 0.1) is 0 Å². The lowest BCUT2D eigenvalue weighted by Crippen LogP contribution is -1.90. The molecule has 0 heterocycles. The highest BCUT2D eigenvalue weighted by molar-refractivity contribution is 5.81. The average Bonchev–Trinajstić information content (AvgIpc) is 2.20. The van der Waals surface area contributed by atoms with E-state index >= 15 is 0 Å². The number of phenols is 1. The third kappa shape index (κ3) is 1.62. The zero-order chi connectivity index (χ0) is 9.97. The van der Waals surface area contributed by atoms with Crippen molar-refractivity contribution in [2.24, 2.45) is 0 Å². The van der Waals surface area contributed by atoms with Crippen molar-refractivity contribution >= 4 is 5.57 Å². The SMILES string of the molecule is C=C1CC=CC=C1c1ccc(O)cc1. The molecule has 0 saturated carbocycles. The van der Waals surface area contributed by atoms with Gasteiger partial charge in [0.2, 0.25) is 0 Å². The molecular weight excluding hydrogens is 172 g/mol. The highest BCUT2D eigenvalue weighted by Gasteiger charge is 2.06. The van der Waals surface area contributed by atoms with E-state index in [0.29, 0.717) is 5.75 Å². The summed E-state index contributed by atoms with van der Waals surface area (Å²) >= 11 is 0. The fourth-order valence-corrected chi connectivity index (χ4v) is 1.54. The van der Waals surface area contributed by atoms with E-state index in [-0.39, 0.29) is 0 Å². The van der Waals surface area contributed by atoms with E-state index in [2.05, 4.69) is 18.7 Å². The first-order valence-corrected chi connectivity index (χ1v) is 4.62. The molecule has 0 amide bonds. The van der Waals surface area contributed by atoms with Crippen molar-refractivity contribution in [3.05, 3.63) is 60.2 Å². The number of phenolic OH excluding ortho intramolecular Hbond substituents is 1. The van der Waals surface area contributed by atoms with Gasteiger partial charge in [0.15, 0.2) is 0 Å². The predicted molar refractivity (Wildman–Crippen MR) is 59.0 cm³/mol. The van der Waals surface area contributed by atoms with Crippen LogP contribution in [0.25, 0.3) is 5.57 Å². The van der Waals surface area contributed by atoms with Gasteiger partial charge >= 0.3 is 0 Å². The van der Waals surface area contributed by atoms with Crippen LogP contribution in [0.3, 0.4) is 0 Å². The van der Waals surface area contributed by atoms with Gasteiger partial charge in [-0.1, -0.05) is 36.9 Å². The van der Waals surface area contributed by atoms with Crippen LogP contribution in [-0.2, 0) is 0 Å². The van der Waals surface area contributed by atoms with Crippen LogP contribution in [0.5, 0.6) is 5.75 Å². The Labute approximate surface area is 83.7 Å². The van der Waals surface area contributed by atoms with Crippen molar-refractivity contribution in [1.82, 2.24) is 0 Å². The minimum absolute atomic E-state index is 0.298. The molecule has 70 valence electrons. The van der Waals surface area contributed by atoms with Crippen molar-refractivity contribution < 1.29 is 5.11 Å². The van der Waals surface area contributed by atoms with Crippen molar-refractivity contribution in [3.63, 3.8) is 0 Å². The fraction of sp³-hybridized carbons (Fsp3) is 0.0769. The molecule has 1 aliphatic carbocycles. The van der Waals surface area contributed by atoms with Crippen LogP contribution in [-0.4, -0.2) is 5.11 Å². The zero-order valence-corrected chi connectivity index (χ0v) is 7.90. The molecule has 0 atom stereocenters. The van der Waals surface area contributed by atoms with Crippen molar-refractivity contribution in [2.75, 3.05) is 0 Å². The summed E-state index contributed by atoms with van der Waals surface area (Å²) in [6.45, 7) is 4.01. The molecule has 0 spiro atoms. The molecule has 1 aromatic rings. The van der Waals surface area contributed by atoms with E-state index in [9.17, 15) is 0 Å². The highest BCUT2D eigenvalue weighted by Crippen LogP contribution is 2.28. The molecule has 0 radical (unpaired) electrons. The first kappa shape index (κ1) is 8.82. The minimum Gasteiger partial charge on any atom is -0.508 e. The number of allylic oxidation sites excluding steroid dienone is 5. The van der Waals surface area contributed by atoms with Gasteiger partial charge < -0.3 is 5.11 Å². The fourth-order valence-electron chi connectivity index (χ4n) is 1.54. The molecular formula is C13H12O. The number of hydrogen-bond donors (Lipinski definition) is 1. The maximum atomic E-state index is 9.17.